The van der Waals surface area contributed by atoms with Crippen molar-refractivity contribution in [2.24, 2.45) is 5.41 Å². The molecule has 1 amide bonds. The number of hydrogen-bond donors (Lipinski definition) is 2. The number of rotatable bonds is 6. The molecule has 0 bridgehead atoms. The Labute approximate surface area is 123 Å². The highest BCUT2D eigenvalue weighted by atomic mass is 16.4. The first-order chi connectivity index (χ1) is 9.90. The maximum Gasteiger partial charge on any atom is 0.303 e. The van der Waals surface area contributed by atoms with Gasteiger partial charge in [-0.1, -0.05) is 12.8 Å². The lowest BCUT2D eigenvalue weighted by Crippen LogP contribution is -2.31. The van der Waals surface area contributed by atoms with Crippen LogP contribution in [0.5, 0.6) is 0 Å². The van der Waals surface area contributed by atoms with Gasteiger partial charge in [-0.15, -0.1) is 0 Å². The van der Waals surface area contributed by atoms with Crippen LogP contribution in [0, 0.1) is 19.3 Å². The van der Waals surface area contributed by atoms with Gasteiger partial charge in [0.1, 0.15) is 5.76 Å². The maximum atomic E-state index is 12.1. The molecule has 1 fully saturated rings. The number of hydrogen-bond acceptors (Lipinski definition) is 4. The third-order valence-corrected chi connectivity index (χ3v) is 4.24. The summed E-state index contributed by atoms with van der Waals surface area (Å²) in [6, 6.07) is 0. The van der Waals surface area contributed by atoms with Gasteiger partial charge in [0, 0.05) is 6.42 Å². The summed E-state index contributed by atoms with van der Waals surface area (Å²) in [6.45, 7) is 3.93. The molecular formula is C15H22N2O4. The van der Waals surface area contributed by atoms with E-state index in [0.717, 1.165) is 37.1 Å². The standard InChI is InChI=1S/C15H22N2O4/c1-10-11(2)21-13(17-10)9-16-12(18)7-15(8-14(19)20)5-3-4-6-15/h3-9H2,1-2H3,(H,16,18)(H,19,20). The first kappa shape index (κ1) is 15.5. The number of aromatic nitrogens is 1. The minimum absolute atomic E-state index is 0.0671. The minimum Gasteiger partial charge on any atom is -0.481 e. The van der Waals surface area contributed by atoms with Crippen molar-refractivity contribution in [1.29, 1.82) is 0 Å². The van der Waals surface area contributed by atoms with Crippen molar-refractivity contribution >= 4 is 11.9 Å². The summed E-state index contributed by atoms with van der Waals surface area (Å²) in [6.07, 6.45) is 3.95. The fraction of sp³-hybridized carbons (Fsp3) is 0.667. The molecule has 1 aromatic rings. The molecule has 1 aliphatic rings. The summed E-state index contributed by atoms with van der Waals surface area (Å²) >= 11 is 0. The van der Waals surface area contributed by atoms with Crippen LogP contribution >= 0.6 is 0 Å². The Hall–Kier alpha value is -1.85. The number of carboxylic acids is 1. The van der Waals surface area contributed by atoms with E-state index in [0.29, 0.717) is 5.89 Å². The normalized spacial score (nSPS) is 16.9. The van der Waals surface area contributed by atoms with Gasteiger partial charge < -0.3 is 14.8 Å². The van der Waals surface area contributed by atoms with Crippen molar-refractivity contribution in [3.8, 4) is 0 Å². The van der Waals surface area contributed by atoms with Crippen molar-refractivity contribution < 1.29 is 19.1 Å². The quantitative estimate of drug-likeness (QED) is 0.840. The van der Waals surface area contributed by atoms with E-state index in [4.69, 9.17) is 9.52 Å². The molecule has 6 nitrogen and oxygen atoms in total. The van der Waals surface area contributed by atoms with Gasteiger partial charge in [-0.25, -0.2) is 4.98 Å². The molecular weight excluding hydrogens is 272 g/mol. The van der Waals surface area contributed by atoms with Crippen LogP contribution in [0.15, 0.2) is 4.42 Å². The molecule has 0 aliphatic heterocycles. The van der Waals surface area contributed by atoms with Crippen molar-refractivity contribution in [2.75, 3.05) is 0 Å². The van der Waals surface area contributed by atoms with Gasteiger partial charge in [0.05, 0.1) is 18.7 Å². The molecule has 0 atom stereocenters. The van der Waals surface area contributed by atoms with Gasteiger partial charge >= 0.3 is 5.97 Å². The van der Waals surface area contributed by atoms with Crippen LogP contribution in [-0.2, 0) is 16.1 Å². The van der Waals surface area contributed by atoms with Crippen LogP contribution in [0.1, 0.15) is 55.9 Å². The Morgan fingerprint density at radius 2 is 1.95 bits per heavy atom. The van der Waals surface area contributed by atoms with E-state index in [1.165, 1.54) is 0 Å². The van der Waals surface area contributed by atoms with E-state index in [2.05, 4.69) is 10.3 Å². The zero-order valence-electron chi connectivity index (χ0n) is 12.6. The highest BCUT2D eigenvalue weighted by Gasteiger charge is 2.37. The van der Waals surface area contributed by atoms with Crippen LogP contribution in [0.4, 0.5) is 0 Å². The topological polar surface area (TPSA) is 92.4 Å². The SMILES string of the molecule is Cc1nc(CNC(=O)CC2(CC(=O)O)CCCC2)oc1C. The van der Waals surface area contributed by atoms with Gasteiger partial charge in [-0.05, 0) is 32.1 Å². The summed E-state index contributed by atoms with van der Waals surface area (Å²) in [7, 11) is 0. The molecule has 116 valence electrons. The van der Waals surface area contributed by atoms with Crippen molar-refractivity contribution in [3.05, 3.63) is 17.3 Å². The summed E-state index contributed by atoms with van der Waals surface area (Å²) in [5.41, 5.74) is 0.440. The number of aliphatic carboxylic acids is 1. The molecule has 1 saturated carbocycles. The predicted octanol–water partition coefficient (Wildman–Crippen LogP) is 2.33. The number of oxazole rings is 1. The fourth-order valence-electron chi connectivity index (χ4n) is 3.05. The van der Waals surface area contributed by atoms with Crippen molar-refractivity contribution in [2.45, 2.75) is 58.9 Å². The molecule has 2 rings (SSSR count). The molecule has 1 aromatic heterocycles. The van der Waals surface area contributed by atoms with Gasteiger partial charge in [0.2, 0.25) is 11.8 Å². The van der Waals surface area contributed by atoms with Gasteiger partial charge in [0.15, 0.2) is 0 Å². The monoisotopic (exact) mass is 294 g/mol. The van der Waals surface area contributed by atoms with Crippen molar-refractivity contribution in [3.63, 3.8) is 0 Å². The zero-order chi connectivity index (χ0) is 15.5. The van der Waals surface area contributed by atoms with Crippen LogP contribution in [0.2, 0.25) is 0 Å². The Morgan fingerprint density at radius 3 is 2.48 bits per heavy atom. The highest BCUT2D eigenvalue weighted by Crippen LogP contribution is 2.43. The average Bonchev–Trinajstić information content (AvgIpc) is 2.94. The number of amides is 1. The molecule has 0 radical (unpaired) electrons. The molecule has 21 heavy (non-hydrogen) atoms. The Bertz CT molecular complexity index is 510. The van der Waals surface area contributed by atoms with Crippen LogP contribution < -0.4 is 5.32 Å². The first-order valence-electron chi connectivity index (χ1n) is 7.32. The highest BCUT2D eigenvalue weighted by molar-refractivity contribution is 5.78. The average molecular weight is 294 g/mol. The van der Waals surface area contributed by atoms with E-state index in [1.54, 1.807) is 0 Å². The first-order valence-corrected chi connectivity index (χ1v) is 7.32. The zero-order valence-corrected chi connectivity index (χ0v) is 12.6. The number of aryl methyl sites for hydroxylation is 2. The Kier molecular flexibility index (Phi) is 4.65. The molecule has 1 aliphatic carbocycles. The van der Waals surface area contributed by atoms with Crippen LogP contribution in [0.3, 0.4) is 0 Å². The number of nitrogens with zero attached hydrogens (tertiary/aromatic N) is 1. The third kappa shape index (κ3) is 4.06. The van der Waals surface area contributed by atoms with E-state index >= 15 is 0 Å². The second kappa shape index (κ2) is 6.28. The van der Waals surface area contributed by atoms with E-state index in [1.807, 2.05) is 13.8 Å². The molecule has 0 unspecified atom stereocenters. The fourth-order valence-corrected chi connectivity index (χ4v) is 3.05. The summed E-state index contributed by atoms with van der Waals surface area (Å²) in [4.78, 5) is 27.3. The lowest BCUT2D eigenvalue weighted by molar-refractivity contribution is -0.140. The lowest BCUT2D eigenvalue weighted by Gasteiger charge is -2.26. The number of carbonyl (C=O) groups is 2. The number of nitrogens with one attached hydrogen (secondary N) is 1. The van der Waals surface area contributed by atoms with Crippen LogP contribution in [-0.4, -0.2) is 22.0 Å². The summed E-state index contributed by atoms with van der Waals surface area (Å²) in [5, 5.41) is 11.8. The number of carboxylic acid groups (broad SMARTS) is 1. The Morgan fingerprint density at radius 1 is 1.29 bits per heavy atom. The Balaban J connectivity index is 1.89. The smallest absolute Gasteiger partial charge is 0.303 e. The van der Waals surface area contributed by atoms with Gasteiger partial charge in [-0.2, -0.15) is 0 Å². The molecule has 1 heterocycles. The van der Waals surface area contributed by atoms with E-state index in [-0.39, 0.29) is 30.7 Å². The van der Waals surface area contributed by atoms with Crippen molar-refractivity contribution in [1.82, 2.24) is 10.3 Å². The second-order valence-corrected chi connectivity index (χ2v) is 5.98. The van der Waals surface area contributed by atoms with Crippen LogP contribution in [0.25, 0.3) is 0 Å². The largest absolute Gasteiger partial charge is 0.481 e. The number of carbonyl (C=O) groups excluding carboxylic acids is 1. The van der Waals surface area contributed by atoms with E-state index in [9.17, 15) is 9.59 Å². The summed E-state index contributed by atoms with van der Waals surface area (Å²) in [5.74, 6) is 0.268. The molecule has 0 spiro atoms. The van der Waals surface area contributed by atoms with E-state index < -0.39 is 5.97 Å². The molecule has 2 N–H and O–H groups in total. The molecule has 6 heteroatoms. The second-order valence-electron chi connectivity index (χ2n) is 5.98. The minimum atomic E-state index is -0.830. The summed E-state index contributed by atoms with van der Waals surface area (Å²) < 4.78 is 5.40. The maximum absolute atomic E-state index is 12.1. The third-order valence-electron chi connectivity index (χ3n) is 4.24. The van der Waals surface area contributed by atoms with Gasteiger partial charge in [-0.3, -0.25) is 9.59 Å². The molecule has 0 saturated heterocycles. The lowest BCUT2D eigenvalue weighted by atomic mass is 9.79. The molecule has 0 aromatic carbocycles. The van der Waals surface area contributed by atoms with Gasteiger partial charge in [0.25, 0.3) is 0 Å². The predicted molar refractivity (Wildman–Crippen MR) is 75.6 cm³/mol.